The molecular weight excluding hydrogens is 138 g/mol. The van der Waals surface area contributed by atoms with Gasteiger partial charge in [0, 0.05) is 6.42 Å². The van der Waals surface area contributed by atoms with E-state index in [0.29, 0.717) is 6.42 Å². The lowest BCUT2D eigenvalue weighted by Gasteiger charge is -1.87. The molecule has 2 heteroatoms. The lowest BCUT2D eigenvalue weighted by atomic mass is 10.2. The first-order valence-corrected chi connectivity index (χ1v) is 3.41. The van der Waals surface area contributed by atoms with Crippen LogP contribution in [0.5, 0.6) is 0 Å². The molecule has 0 atom stereocenters. The molecule has 2 nitrogen and oxygen atoms in total. The minimum Gasteiger partial charge on any atom is -0.369 e. The smallest absolute Gasteiger partial charge is 0.221 e. The number of carbonyl (C=O) groups is 1. The minimum absolute atomic E-state index is 0.294. The van der Waals surface area contributed by atoms with Gasteiger partial charge >= 0.3 is 0 Å². The molecule has 0 heterocycles. The van der Waals surface area contributed by atoms with Gasteiger partial charge in [0.2, 0.25) is 5.91 Å². The number of amides is 1. The van der Waals surface area contributed by atoms with Crippen LogP contribution in [0.25, 0.3) is 0 Å². The fourth-order valence-electron chi connectivity index (χ4n) is 0.602. The summed E-state index contributed by atoms with van der Waals surface area (Å²) in [6, 6.07) is 0. The maximum Gasteiger partial charge on any atom is 0.221 e. The fraction of sp³-hybridized carbons (Fsp3) is 0.222. The van der Waals surface area contributed by atoms with E-state index in [1.54, 1.807) is 12.2 Å². The predicted octanol–water partition coefficient (Wildman–Crippen LogP) is 1.55. The highest BCUT2D eigenvalue weighted by Crippen LogP contribution is 1.95. The topological polar surface area (TPSA) is 43.1 Å². The molecule has 0 aromatic rings. The zero-order valence-corrected chi connectivity index (χ0v) is 6.71. The molecule has 0 aliphatic carbocycles. The van der Waals surface area contributed by atoms with Crippen LogP contribution in [-0.2, 0) is 4.79 Å². The van der Waals surface area contributed by atoms with E-state index < -0.39 is 0 Å². The average molecular weight is 151 g/mol. The molecule has 0 saturated heterocycles. The molecule has 0 bridgehead atoms. The molecule has 2 N–H and O–H groups in total. The third-order valence-corrected chi connectivity index (χ3v) is 1.08. The van der Waals surface area contributed by atoms with Crippen molar-refractivity contribution in [3.05, 3.63) is 36.5 Å². The second-order valence-corrected chi connectivity index (χ2v) is 2.22. The van der Waals surface area contributed by atoms with Crippen LogP contribution < -0.4 is 5.73 Å². The first kappa shape index (κ1) is 9.69. The summed E-state index contributed by atoms with van der Waals surface area (Å²) >= 11 is 0. The number of carbonyl (C=O) groups excluding carboxylic acids is 1. The second-order valence-electron chi connectivity index (χ2n) is 2.22. The molecule has 11 heavy (non-hydrogen) atoms. The Balaban J connectivity index is 3.83. The summed E-state index contributed by atoms with van der Waals surface area (Å²) in [4.78, 5) is 10.3. The van der Waals surface area contributed by atoms with Crippen LogP contribution in [0, 0.1) is 0 Å². The molecule has 60 valence electrons. The number of nitrogens with two attached hydrogens (primary N) is 1. The maximum absolute atomic E-state index is 10.3. The summed E-state index contributed by atoms with van der Waals surface area (Å²) in [5.41, 5.74) is 5.98. The second kappa shape index (κ2) is 5.47. The van der Waals surface area contributed by atoms with Crippen molar-refractivity contribution in [2.45, 2.75) is 13.3 Å². The highest BCUT2D eigenvalue weighted by molar-refractivity contribution is 5.75. The van der Waals surface area contributed by atoms with Crippen LogP contribution in [0.4, 0.5) is 0 Å². The van der Waals surface area contributed by atoms with Crippen molar-refractivity contribution < 1.29 is 4.79 Å². The molecule has 0 aromatic carbocycles. The zero-order valence-electron chi connectivity index (χ0n) is 6.71. The lowest BCUT2D eigenvalue weighted by Crippen LogP contribution is -2.07. The van der Waals surface area contributed by atoms with Gasteiger partial charge < -0.3 is 5.73 Å². The number of rotatable bonds is 4. The third-order valence-electron chi connectivity index (χ3n) is 1.08. The van der Waals surface area contributed by atoms with Gasteiger partial charge in [-0.3, -0.25) is 4.79 Å². The molecule has 0 aliphatic rings. The van der Waals surface area contributed by atoms with Crippen molar-refractivity contribution >= 4 is 5.91 Å². The van der Waals surface area contributed by atoms with Crippen molar-refractivity contribution in [3.63, 3.8) is 0 Å². The van der Waals surface area contributed by atoms with Gasteiger partial charge in [0.05, 0.1) is 0 Å². The normalized spacial score (nSPS) is 11.9. The van der Waals surface area contributed by atoms with Gasteiger partial charge in [-0.15, -0.1) is 0 Å². The SMILES string of the molecule is C=C/C=C(C)\C=C/CC(N)=O. The van der Waals surface area contributed by atoms with Crippen LogP contribution in [0.1, 0.15) is 13.3 Å². The Morgan fingerprint density at radius 2 is 2.27 bits per heavy atom. The van der Waals surface area contributed by atoms with Crippen molar-refractivity contribution in [2.75, 3.05) is 0 Å². The van der Waals surface area contributed by atoms with Gasteiger partial charge in [-0.25, -0.2) is 0 Å². The molecular formula is C9H13NO. The van der Waals surface area contributed by atoms with Crippen molar-refractivity contribution in [1.29, 1.82) is 0 Å². The molecule has 0 saturated carbocycles. The average Bonchev–Trinajstić information content (AvgIpc) is 1.87. The molecule has 1 amide bonds. The van der Waals surface area contributed by atoms with E-state index in [-0.39, 0.29) is 5.91 Å². The maximum atomic E-state index is 10.3. The van der Waals surface area contributed by atoms with Crippen LogP contribution in [0.3, 0.4) is 0 Å². The van der Waals surface area contributed by atoms with Crippen molar-refractivity contribution in [1.82, 2.24) is 0 Å². The van der Waals surface area contributed by atoms with Gasteiger partial charge in [0.1, 0.15) is 0 Å². The monoisotopic (exact) mass is 151 g/mol. The minimum atomic E-state index is -0.312. The van der Waals surface area contributed by atoms with Gasteiger partial charge in [-0.05, 0) is 6.92 Å². The quantitative estimate of drug-likeness (QED) is 0.608. The van der Waals surface area contributed by atoms with E-state index >= 15 is 0 Å². The molecule has 0 unspecified atom stereocenters. The molecule has 0 fully saturated rings. The summed E-state index contributed by atoms with van der Waals surface area (Å²) in [5.74, 6) is -0.312. The van der Waals surface area contributed by atoms with E-state index in [0.717, 1.165) is 5.57 Å². The van der Waals surface area contributed by atoms with E-state index in [9.17, 15) is 4.79 Å². The Bertz CT molecular complexity index is 202. The summed E-state index contributed by atoms with van der Waals surface area (Å²) < 4.78 is 0. The Morgan fingerprint density at radius 3 is 2.73 bits per heavy atom. The number of hydrogen-bond acceptors (Lipinski definition) is 1. The number of primary amides is 1. The van der Waals surface area contributed by atoms with E-state index in [4.69, 9.17) is 5.73 Å². The van der Waals surface area contributed by atoms with Gasteiger partial charge in [0.15, 0.2) is 0 Å². The van der Waals surface area contributed by atoms with Crippen LogP contribution in [0.15, 0.2) is 36.5 Å². The van der Waals surface area contributed by atoms with Crippen molar-refractivity contribution in [3.8, 4) is 0 Å². The number of allylic oxidation sites excluding steroid dienone is 4. The summed E-state index contributed by atoms with van der Waals surface area (Å²) in [6.45, 7) is 5.47. The standard InChI is InChI=1S/C9H13NO/c1-3-5-8(2)6-4-7-9(10)11/h3-6H,1,7H2,2H3,(H2,10,11)/b6-4-,8-5-. The van der Waals surface area contributed by atoms with Crippen molar-refractivity contribution in [2.24, 2.45) is 5.73 Å². The fourth-order valence-corrected chi connectivity index (χ4v) is 0.602. The molecule has 0 rings (SSSR count). The van der Waals surface area contributed by atoms with Gasteiger partial charge in [-0.2, -0.15) is 0 Å². The Hall–Kier alpha value is -1.31. The summed E-state index contributed by atoms with van der Waals surface area (Å²) in [5, 5.41) is 0. The molecule has 0 aliphatic heterocycles. The first-order chi connectivity index (χ1) is 5.16. The Morgan fingerprint density at radius 1 is 1.64 bits per heavy atom. The van der Waals surface area contributed by atoms with Crippen LogP contribution in [0.2, 0.25) is 0 Å². The van der Waals surface area contributed by atoms with E-state index in [2.05, 4.69) is 6.58 Å². The summed E-state index contributed by atoms with van der Waals surface area (Å²) in [7, 11) is 0. The molecule has 0 radical (unpaired) electrons. The third kappa shape index (κ3) is 6.58. The van der Waals surface area contributed by atoms with E-state index in [1.165, 1.54) is 0 Å². The van der Waals surface area contributed by atoms with Gasteiger partial charge in [-0.1, -0.05) is 36.5 Å². The Kier molecular flexibility index (Phi) is 4.82. The molecule has 0 spiro atoms. The van der Waals surface area contributed by atoms with E-state index in [1.807, 2.05) is 19.1 Å². The largest absolute Gasteiger partial charge is 0.369 e. The number of hydrogen-bond donors (Lipinski definition) is 1. The summed E-state index contributed by atoms with van der Waals surface area (Å²) in [6.07, 6.45) is 7.42. The zero-order chi connectivity index (χ0) is 8.69. The predicted molar refractivity (Wildman–Crippen MR) is 46.9 cm³/mol. The van der Waals surface area contributed by atoms with Gasteiger partial charge in [0.25, 0.3) is 0 Å². The Labute approximate surface area is 67.1 Å². The highest BCUT2D eigenvalue weighted by atomic mass is 16.1. The lowest BCUT2D eigenvalue weighted by molar-refractivity contribution is -0.117. The molecule has 0 aromatic heterocycles. The van der Waals surface area contributed by atoms with Crippen LogP contribution >= 0.6 is 0 Å². The highest BCUT2D eigenvalue weighted by Gasteiger charge is 1.85. The first-order valence-electron chi connectivity index (χ1n) is 3.41. The van der Waals surface area contributed by atoms with Crippen LogP contribution in [-0.4, -0.2) is 5.91 Å².